The normalized spacial score (nSPS) is 11.5. The van der Waals surface area contributed by atoms with Gasteiger partial charge in [0, 0.05) is 32.0 Å². The second kappa shape index (κ2) is 10.1. The molecule has 0 saturated carbocycles. The second-order valence-corrected chi connectivity index (χ2v) is 6.61. The first kappa shape index (κ1) is 19.4. The number of urea groups is 1. The number of benzene rings is 2. The summed E-state index contributed by atoms with van der Waals surface area (Å²) in [4.78, 5) is 19.0. The van der Waals surface area contributed by atoms with Gasteiger partial charge in [-0.15, -0.1) is 0 Å². The van der Waals surface area contributed by atoms with Crippen LogP contribution in [-0.2, 0) is 0 Å². The quantitative estimate of drug-likeness (QED) is 0.586. The van der Waals surface area contributed by atoms with E-state index in [-0.39, 0.29) is 12.1 Å². The fourth-order valence-corrected chi connectivity index (χ4v) is 3.03. The molecule has 1 aromatic heterocycles. The molecular formula is C23H26N4O. The van der Waals surface area contributed by atoms with Crippen molar-refractivity contribution in [1.29, 1.82) is 0 Å². The number of amides is 2. The lowest BCUT2D eigenvalue weighted by Gasteiger charge is -2.21. The molecular weight excluding hydrogens is 348 g/mol. The molecule has 1 heterocycles. The van der Waals surface area contributed by atoms with Crippen molar-refractivity contribution in [2.45, 2.75) is 12.5 Å². The highest BCUT2D eigenvalue weighted by atomic mass is 16.2. The SMILES string of the molecule is CN(CCCNC(=O)NC(c1ccccc1)c1ccccn1)c1ccccc1. The third-order valence-electron chi connectivity index (χ3n) is 4.54. The molecule has 28 heavy (non-hydrogen) atoms. The predicted octanol–water partition coefficient (Wildman–Crippen LogP) is 4.00. The van der Waals surface area contributed by atoms with Gasteiger partial charge in [-0.05, 0) is 36.2 Å². The Morgan fingerprint density at radius 1 is 0.964 bits per heavy atom. The summed E-state index contributed by atoms with van der Waals surface area (Å²) in [5.41, 5.74) is 2.99. The Morgan fingerprint density at radius 3 is 2.32 bits per heavy atom. The van der Waals surface area contributed by atoms with Crippen molar-refractivity contribution in [3.8, 4) is 0 Å². The molecule has 3 aromatic rings. The van der Waals surface area contributed by atoms with E-state index in [0.717, 1.165) is 24.2 Å². The number of nitrogens with one attached hydrogen (secondary N) is 2. The molecule has 5 nitrogen and oxygen atoms in total. The minimum absolute atomic E-state index is 0.193. The molecule has 2 amide bonds. The Bertz CT molecular complexity index is 801. The zero-order chi connectivity index (χ0) is 19.6. The van der Waals surface area contributed by atoms with Gasteiger partial charge in [-0.3, -0.25) is 4.98 Å². The zero-order valence-electron chi connectivity index (χ0n) is 16.1. The Morgan fingerprint density at radius 2 is 1.64 bits per heavy atom. The number of anilines is 1. The highest BCUT2D eigenvalue weighted by Gasteiger charge is 2.17. The maximum absolute atomic E-state index is 12.5. The number of nitrogens with zero attached hydrogens (tertiary/aromatic N) is 2. The van der Waals surface area contributed by atoms with Crippen LogP contribution in [-0.4, -0.2) is 31.2 Å². The first-order valence-corrected chi connectivity index (χ1v) is 9.50. The van der Waals surface area contributed by atoms with Crippen LogP contribution >= 0.6 is 0 Å². The Balaban J connectivity index is 1.52. The maximum atomic E-state index is 12.5. The van der Waals surface area contributed by atoms with Crippen molar-refractivity contribution >= 4 is 11.7 Å². The molecule has 0 aliphatic carbocycles. The van der Waals surface area contributed by atoms with E-state index in [2.05, 4.69) is 39.7 Å². The summed E-state index contributed by atoms with van der Waals surface area (Å²) in [7, 11) is 2.06. The molecule has 0 bridgehead atoms. The zero-order valence-corrected chi connectivity index (χ0v) is 16.1. The van der Waals surface area contributed by atoms with E-state index >= 15 is 0 Å². The molecule has 0 radical (unpaired) electrons. The second-order valence-electron chi connectivity index (χ2n) is 6.61. The number of hydrogen-bond donors (Lipinski definition) is 2. The standard InChI is InChI=1S/C23H26N4O/c1-27(20-13-6-3-7-14-20)18-10-17-25-23(28)26-22(19-11-4-2-5-12-19)21-15-8-9-16-24-21/h2-9,11-16,22H,10,17-18H2,1H3,(H2,25,26,28). The highest BCUT2D eigenvalue weighted by Crippen LogP contribution is 2.19. The fraction of sp³-hybridized carbons (Fsp3) is 0.217. The number of carbonyl (C=O) groups excluding carboxylic acids is 1. The summed E-state index contributed by atoms with van der Waals surface area (Å²) in [6.07, 6.45) is 2.60. The molecule has 0 saturated heterocycles. The fourth-order valence-electron chi connectivity index (χ4n) is 3.03. The molecule has 1 unspecified atom stereocenters. The number of carbonyl (C=O) groups is 1. The number of para-hydroxylation sites is 1. The van der Waals surface area contributed by atoms with E-state index in [1.807, 2.05) is 66.7 Å². The number of aromatic nitrogens is 1. The lowest BCUT2D eigenvalue weighted by Crippen LogP contribution is -2.39. The van der Waals surface area contributed by atoms with Crippen LogP contribution < -0.4 is 15.5 Å². The van der Waals surface area contributed by atoms with Crippen LogP contribution in [0.15, 0.2) is 85.1 Å². The molecule has 5 heteroatoms. The summed E-state index contributed by atoms with van der Waals surface area (Å²) < 4.78 is 0. The van der Waals surface area contributed by atoms with Crippen LogP contribution in [0.1, 0.15) is 23.7 Å². The molecule has 0 spiro atoms. The summed E-state index contributed by atoms with van der Waals surface area (Å²) in [5.74, 6) is 0. The van der Waals surface area contributed by atoms with Crippen LogP contribution in [0.3, 0.4) is 0 Å². The van der Waals surface area contributed by atoms with Crippen molar-refractivity contribution in [2.75, 3.05) is 25.0 Å². The summed E-state index contributed by atoms with van der Waals surface area (Å²) in [6, 6.07) is 25.3. The van der Waals surface area contributed by atoms with Gasteiger partial charge in [-0.1, -0.05) is 54.6 Å². The monoisotopic (exact) mass is 374 g/mol. The van der Waals surface area contributed by atoms with Gasteiger partial charge in [-0.25, -0.2) is 4.79 Å². The molecule has 3 rings (SSSR count). The van der Waals surface area contributed by atoms with Gasteiger partial charge < -0.3 is 15.5 Å². The number of hydrogen-bond acceptors (Lipinski definition) is 3. The van der Waals surface area contributed by atoms with Gasteiger partial charge in [0.2, 0.25) is 0 Å². The van der Waals surface area contributed by atoms with Gasteiger partial charge in [0.25, 0.3) is 0 Å². The van der Waals surface area contributed by atoms with Gasteiger partial charge >= 0.3 is 6.03 Å². The third-order valence-corrected chi connectivity index (χ3v) is 4.54. The van der Waals surface area contributed by atoms with Crippen molar-refractivity contribution < 1.29 is 4.79 Å². The summed E-state index contributed by atoms with van der Waals surface area (Å²) in [6.45, 7) is 1.47. The first-order chi connectivity index (χ1) is 13.7. The lowest BCUT2D eigenvalue weighted by molar-refractivity contribution is 0.238. The smallest absolute Gasteiger partial charge is 0.315 e. The molecule has 2 aromatic carbocycles. The van der Waals surface area contributed by atoms with Crippen LogP contribution in [0.25, 0.3) is 0 Å². The first-order valence-electron chi connectivity index (χ1n) is 9.50. The van der Waals surface area contributed by atoms with Gasteiger partial charge in [-0.2, -0.15) is 0 Å². The largest absolute Gasteiger partial charge is 0.375 e. The van der Waals surface area contributed by atoms with Gasteiger partial charge in [0.1, 0.15) is 0 Å². The molecule has 144 valence electrons. The molecule has 0 fully saturated rings. The van der Waals surface area contributed by atoms with Crippen LogP contribution in [0, 0.1) is 0 Å². The topological polar surface area (TPSA) is 57.3 Å². The van der Waals surface area contributed by atoms with Crippen LogP contribution in [0.2, 0.25) is 0 Å². The van der Waals surface area contributed by atoms with Gasteiger partial charge in [0.05, 0.1) is 11.7 Å². The van der Waals surface area contributed by atoms with E-state index in [9.17, 15) is 4.79 Å². The average molecular weight is 374 g/mol. The van der Waals surface area contributed by atoms with E-state index in [4.69, 9.17) is 0 Å². The molecule has 2 N–H and O–H groups in total. The van der Waals surface area contributed by atoms with E-state index in [1.165, 1.54) is 5.69 Å². The highest BCUT2D eigenvalue weighted by molar-refractivity contribution is 5.74. The minimum Gasteiger partial charge on any atom is -0.375 e. The van der Waals surface area contributed by atoms with Crippen molar-refractivity contribution in [1.82, 2.24) is 15.6 Å². The van der Waals surface area contributed by atoms with Crippen molar-refractivity contribution in [3.63, 3.8) is 0 Å². The van der Waals surface area contributed by atoms with E-state index in [0.29, 0.717) is 6.54 Å². The van der Waals surface area contributed by atoms with Crippen molar-refractivity contribution in [2.24, 2.45) is 0 Å². The van der Waals surface area contributed by atoms with Crippen LogP contribution in [0.5, 0.6) is 0 Å². The molecule has 1 atom stereocenters. The van der Waals surface area contributed by atoms with Crippen molar-refractivity contribution in [3.05, 3.63) is 96.3 Å². The predicted molar refractivity (Wildman–Crippen MR) is 113 cm³/mol. The van der Waals surface area contributed by atoms with Gasteiger partial charge in [0.15, 0.2) is 0 Å². The Labute approximate surface area is 166 Å². The minimum atomic E-state index is -0.283. The van der Waals surface area contributed by atoms with E-state index in [1.54, 1.807) is 6.20 Å². The van der Waals surface area contributed by atoms with E-state index < -0.39 is 0 Å². The Kier molecular flexibility index (Phi) is 7.01. The average Bonchev–Trinajstić information content (AvgIpc) is 2.76. The summed E-state index contributed by atoms with van der Waals surface area (Å²) >= 11 is 0. The molecule has 0 aliphatic heterocycles. The lowest BCUT2D eigenvalue weighted by atomic mass is 10.0. The summed E-state index contributed by atoms with van der Waals surface area (Å²) in [5, 5.41) is 6.00. The Hall–Kier alpha value is -3.34. The third kappa shape index (κ3) is 5.58. The van der Waals surface area contributed by atoms with Crippen LogP contribution in [0.4, 0.5) is 10.5 Å². The maximum Gasteiger partial charge on any atom is 0.315 e. The number of rotatable bonds is 8. The number of pyridine rings is 1. The molecule has 0 aliphatic rings.